The van der Waals surface area contributed by atoms with E-state index in [0.29, 0.717) is 12.1 Å². The largest absolute Gasteiger partial charge is 0.362 e. The Hall–Kier alpha value is -3.42. The third-order valence-corrected chi connectivity index (χ3v) is 4.72. The number of hydrogen-bond donors (Lipinski definition) is 3. The highest BCUT2D eigenvalue weighted by Gasteiger charge is 2.24. The summed E-state index contributed by atoms with van der Waals surface area (Å²) in [4.78, 5) is 38.8. The minimum Gasteiger partial charge on any atom is -0.362 e. The number of urea groups is 1. The first-order valence-corrected chi connectivity index (χ1v) is 9.88. The quantitative estimate of drug-likeness (QED) is 0.704. The molecule has 0 aliphatic carbocycles. The summed E-state index contributed by atoms with van der Waals surface area (Å²) in [6, 6.07) is 10.4. The normalized spacial score (nSPS) is 12.9. The van der Waals surface area contributed by atoms with Crippen molar-refractivity contribution in [3.05, 3.63) is 59.4 Å². The molecule has 3 N–H and O–H groups in total. The fourth-order valence-electron chi connectivity index (χ4n) is 3.47. The van der Waals surface area contributed by atoms with Gasteiger partial charge in [0.15, 0.2) is 0 Å². The summed E-state index contributed by atoms with van der Waals surface area (Å²) in [5.74, 6) is -1.25. The lowest BCUT2D eigenvalue weighted by atomic mass is 9.95. The summed E-state index contributed by atoms with van der Waals surface area (Å²) in [5, 5.41) is 7.44. The summed E-state index contributed by atoms with van der Waals surface area (Å²) in [6.07, 6.45) is 1.52. The first-order valence-electron chi connectivity index (χ1n) is 9.88. The van der Waals surface area contributed by atoms with Gasteiger partial charge in [-0.15, -0.1) is 0 Å². The van der Waals surface area contributed by atoms with Gasteiger partial charge in [0, 0.05) is 23.8 Å². The van der Waals surface area contributed by atoms with Gasteiger partial charge < -0.3 is 15.5 Å². The minimum atomic E-state index is -0.799. The second kappa shape index (κ2) is 9.39. The van der Waals surface area contributed by atoms with Crippen molar-refractivity contribution in [2.75, 3.05) is 23.3 Å². The number of para-hydroxylation sites is 1. The standard InChI is InChI=1S/C22H25FN4O3/c1-14(2)24-21(29)16-7-5-11-19-15(16)8-6-12-27(19)13-20(28)26-22(30)25-18-10-4-3-9-17(18)23/h3-5,7,9-11,14H,6,8,12-13H2,1-2H3,(H,24,29)(H2,25,26,28,30). The van der Waals surface area contributed by atoms with Crippen LogP contribution in [0.15, 0.2) is 42.5 Å². The van der Waals surface area contributed by atoms with E-state index in [1.165, 1.54) is 18.2 Å². The van der Waals surface area contributed by atoms with Gasteiger partial charge in [0.1, 0.15) is 5.82 Å². The van der Waals surface area contributed by atoms with E-state index >= 15 is 0 Å². The van der Waals surface area contributed by atoms with E-state index in [1.54, 1.807) is 18.2 Å². The second-order valence-electron chi connectivity index (χ2n) is 7.44. The maximum absolute atomic E-state index is 13.6. The molecule has 1 aliphatic rings. The molecule has 0 bridgehead atoms. The summed E-state index contributed by atoms with van der Waals surface area (Å²) < 4.78 is 13.6. The van der Waals surface area contributed by atoms with Crippen molar-refractivity contribution in [3.8, 4) is 0 Å². The number of benzene rings is 2. The molecular weight excluding hydrogens is 387 g/mol. The number of imide groups is 1. The molecule has 0 saturated heterocycles. The fourth-order valence-corrected chi connectivity index (χ4v) is 3.47. The molecule has 4 amide bonds. The van der Waals surface area contributed by atoms with E-state index in [-0.39, 0.29) is 24.2 Å². The van der Waals surface area contributed by atoms with Gasteiger partial charge >= 0.3 is 6.03 Å². The molecule has 0 spiro atoms. The Kier molecular flexibility index (Phi) is 6.66. The molecule has 8 heteroatoms. The zero-order chi connectivity index (χ0) is 21.7. The highest BCUT2D eigenvalue weighted by atomic mass is 19.1. The van der Waals surface area contributed by atoms with Crippen LogP contribution >= 0.6 is 0 Å². The molecule has 3 rings (SSSR count). The molecule has 158 valence electrons. The number of hydrogen-bond acceptors (Lipinski definition) is 4. The van der Waals surface area contributed by atoms with Gasteiger partial charge in [0.25, 0.3) is 5.91 Å². The van der Waals surface area contributed by atoms with Gasteiger partial charge in [-0.1, -0.05) is 18.2 Å². The molecule has 0 unspecified atom stereocenters. The van der Waals surface area contributed by atoms with Gasteiger partial charge in [-0.2, -0.15) is 0 Å². The molecule has 0 radical (unpaired) electrons. The van der Waals surface area contributed by atoms with Crippen molar-refractivity contribution >= 4 is 29.2 Å². The maximum Gasteiger partial charge on any atom is 0.326 e. The SMILES string of the molecule is CC(C)NC(=O)c1cccc2c1CCCN2CC(=O)NC(=O)Nc1ccccc1F. The molecule has 0 aromatic heterocycles. The number of halogens is 1. The van der Waals surface area contributed by atoms with E-state index in [9.17, 15) is 18.8 Å². The van der Waals surface area contributed by atoms with Gasteiger partial charge in [-0.25, -0.2) is 9.18 Å². The molecular formula is C22H25FN4O3. The molecule has 2 aromatic rings. The Labute approximate surface area is 174 Å². The van der Waals surface area contributed by atoms with Gasteiger partial charge in [-0.3, -0.25) is 14.9 Å². The summed E-state index contributed by atoms with van der Waals surface area (Å²) in [5.41, 5.74) is 2.29. The van der Waals surface area contributed by atoms with Crippen molar-refractivity contribution in [1.82, 2.24) is 10.6 Å². The number of anilines is 2. The molecule has 0 atom stereocenters. The van der Waals surface area contributed by atoms with Crippen molar-refractivity contribution in [2.24, 2.45) is 0 Å². The first-order chi connectivity index (χ1) is 14.3. The van der Waals surface area contributed by atoms with Crippen molar-refractivity contribution < 1.29 is 18.8 Å². The number of fused-ring (bicyclic) bond motifs is 1. The number of nitrogens with zero attached hydrogens (tertiary/aromatic N) is 1. The summed E-state index contributed by atoms with van der Waals surface area (Å²) in [7, 11) is 0. The van der Waals surface area contributed by atoms with Crippen LogP contribution in [0.5, 0.6) is 0 Å². The van der Waals surface area contributed by atoms with Gasteiger partial charge in [0.05, 0.1) is 12.2 Å². The molecule has 30 heavy (non-hydrogen) atoms. The monoisotopic (exact) mass is 412 g/mol. The average molecular weight is 412 g/mol. The van der Waals surface area contributed by atoms with Crippen LogP contribution in [0.3, 0.4) is 0 Å². The van der Waals surface area contributed by atoms with E-state index in [2.05, 4.69) is 16.0 Å². The van der Waals surface area contributed by atoms with Crippen LogP contribution in [-0.4, -0.2) is 37.0 Å². The number of nitrogens with one attached hydrogen (secondary N) is 3. The smallest absolute Gasteiger partial charge is 0.326 e. The van der Waals surface area contributed by atoms with E-state index in [1.807, 2.05) is 24.8 Å². The van der Waals surface area contributed by atoms with Gasteiger partial charge in [-0.05, 0) is 56.5 Å². The van der Waals surface area contributed by atoms with Crippen LogP contribution in [0.25, 0.3) is 0 Å². The van der Waals surface area contributed by atoms with Crippen LogP contribution in [0, 0.1) is 5.82 Å². The Balaban J connectivity index is 1.67. The van der Waals surface area contributed by atoms with Crippen molar-refractivity contribution in [1.29, 1.82) is 0 Å². The van der Waals surface area contributed by atoms with Crippen LogP contribution in [-0.2, 0) is 11.2 Å². The number of rotatable bonds is 5. The van der Waals surface area contributed by atoms with Crippen LogP contribution in [0.2, 0.25) is 0 Å². The summed E-state index contributed by atoms with van der Waals surface area (Å²) >= 11 is 0. The lowest BCUT2D eigenvalue weighted by molar-refractivity contribution is -0.118. The Morgan fingerprint density at radius 3 is 2.60 bits per heavy atom. The molecule has 2 aromatic carbocycles. The lowest BCUT2D eigenvalue weighted by Gasteiger charge is -2.31. The third kappa shape index (κ3) is 5.14. The molecule has 0 saturated carbocycles. The Morgan fingerprint density at radius 1 is 1.10 bits per heavy atom. The second-order valence-corrected chi connectivity index (χ2v) is 7.44. The topological polar surface area (TPSA) is 90.5 Å². The first kappa shape index (κ1) is 21.3. The van der Waals surface area contributed by atoms with E-state index in [4.69, 9.17) is 0 Å². The van der Waals surface area contributed by atoms with Crippen LogP contribution in [0.1, 0.15) is 36.2 Å². The number of amides is 4. The Morgan fingerprint density at radius 2 is 1.87 bits per heavy atom. The molecule has 7 nitrogen and oxygen atoms in total. The zero-order valence-corrected chi connectivity index (χ0v) is 17.0. The van der Waals surface area contributed by atoms with Crippen LogP contribution < -0.4 is 20.9 Å². The van der Waals surface area contributed by atoms with Crippen LogP contribution in [0.4, 0.5) is 20.6 Å². The fraction of sp³-hybridized carbons (Fsp3) is 0.318. The van der Waals surface area contributed by atoms with Crippen molar-refractivity contribution in [3.63, 3.8) is 0 Å². The lowest BCUT2D eigenvalue weighted by Crippen LogP contribution is -2.43. The van der Waals surface area contributed by atoms with Gasteiger partial charge in [0.2, 0.25) is 5.91 Å². The highest BCUT2D eigenvalue weighted by molar-refractivity contribution is 6.03. The van der Waals surface area contributed by atoms with Crippen molar-refractivity contribution in [2.45, 2.75) is 32.7 Å². The summed E-state index contributed by atoms with van der Waals surface area (Å²) in [6.45, 7) is 4.38. The predicted octanol–water partition coefficient (Wildman–Crippen LogP) is 3.06. The zero-order valence-electron chi connectivity index (χ0n) is 17.0. The minimum absolute atomic E-state index is 0.00748. The number of carbonyl (C=O) groups is 3. The number of carbonyl (C=O) groups excluding carboxylic acids is 3. The van der Waals surface area contributed by atoms with E-state index in [0.717, 1.165) is 24.1 Å². The molecule has 1 aliphatic heterocycles. The highest BCUT2D eigenvalue weighted by Crippen LogP contribution is 2.29. The van der Waals surface area contributed by atoms with E-state index < -0.39 is 17.8 Å². The maximum atomic E-state index is 13.6. The molecule has 1 heterocycles. The predicted molar refractivity (Wildman–Crippen MR) is 113 cm³/mol. The Bertz CT molecular complexity index is 961. The molecule has 0 fully saturated rings. The average Bonchev–Trinajstić information content (AvgIpc) is 2.69. The third-order valence-electron chi connectivity index (χ3n) is 4.72.